The Morgan fingerprint density at radius 1 is 1.28 bits per heavy atom. The van der Waals surface area contributed by atoms with Crippen molar-refractivity contribution in [1.82, 2.24) is 0 Å². The second kappa shape index (κ2) is 5.69. The van der Waals surface area contributed by atoms with E-state index in [4.69, 9.17) is 17.2 Å². The Kier molecular flexibility index (Phi) is 5.12. The molecule has 0 bridgehead atoms. The molecule has 0 saturated heterocycles. The fourth-order valence-electron chi connectivity index (χ4n) is 1.17. The molecule has 1 amide bonds. The Morgan fingerprint density at radius 3 is 2.28 bits per heavy atom. The molecule has 0 aliphatic rings. The van der Waals surface area contributed by atoms with Crippen molar-refractivity contribution in [3.63, 3.8) is 0 Å². The third-order valence-corrected chi connectivity index (χ3v) is 3.04. The number of carbonyl (C=O) groups is 1. The summed E-state index contributed by atoms with van der Waals surface area (Å²) in [6, 6.07) is 3.80. The van der Waals surface area contributed by atoms with Gasteiger partial charge in [0.2, 0.25) is 0 Å². The number of rotatable bonds is 2. The normalized spacial score (nSPS) is 10.3. The van der Waals surface area contributed by atoms with Crippen LogP contribution in [-0.4, -0.2) is 26.5 Å². The molecule has 0 atom stereocenters. The van der Waals surface area contributed by atoms with Gasteiger partial charge in [-0.3, -0.25) is 4.79 Å². The second-order valence-corrected chi connectivity index (χ2v) is 5.35. The predicted molar refractivity (Wildman–Crippen MR) is 71.4 cm³/mol. The van der Waals surface area contributed by atoms with Crippen molar-refractivity contribution in [2.24, 2.45) is 16.5 Å². The summed E-state index contributed by atoms with van der Waals surface area (Å²) in [4.78, 5) is 14.6. The smallest absolute Gasteiger partial charge is 0.280 e. The summed E-state index contributed by atoms with van der Waals surface area (Å²) in [5, 5.41) is 0. The summed E-state index contributed by atoms with van der Waals surface area (Å²) in [5.41, 5.74) is 15.7. The van der Waals surface area contributed by atoms with E-state index >= 15 is 0 Å². The first-order chi connectivity index (χ1) is 7.71. The number of amides is 1. The van der Waals surface area contributed by atoms with Gasteiger partial charge in [-0.05, 0) is 18.2 Å². The molecule has 18 heavy (non-hydrogen) atoms. The van der Waals surface area contributed by atoms with E-state index in [0.29, 0.717) is 0 Å². The van der Waals surface area contributed by atoms with Crippen LogP contribution in [0.3, 0.4) is 0 Å². The highest BCUT2D eigenvalue weighted by molar-refractivity contribution is 7.90. The number of nitrogens with zero attached hydrogens (tertiary/aromatic N) is 1. The van der Waals surface area contributed by atoms with Gasteiger partial charge in [-0.25, -0.2) is 8.42 Å². The Hall–Kier alpha value is -1.80. The van der Waals surface area contributed by atoms with Crippen LogP contribution < -0.4 is 17.2 Å². The van der Waals surface area contributed by atoms with Crippen molar-refractivity contribution in [3.05, 3.63) is 23.8 Å². The van der Waals surface area contributed by atoms with Gasteiger partial charge in [0.15, 0.2) is 15.8 Å². The fourth-order valence-corrected chi connectivity index (χ4v) is 2.01. The van der Waals surface area contributed by atoms with Gasteiger partial charge >= 0.3 is 0 Å². The molecule has 100 valence electrons. The van der Waals surface area contributed by atoms with Crippen LogP contribution in [0.25, 0.3) is 0 Å². The van der Waals surface area contributed by atoms with Gasteiger partial charge in [0.05, 0.1) is 10.6 Å². The first-order valence-electron chi connectivity index (χ1n) is 4.45. The van der Waals surface area contributed by atoms with Crippen molar-refractivity contribution < 1.29 is 13.2 Å². The van der Waals surface area contributed by atoms with Gasteiger partial charge in [-0.15, -0.1) is 12.4 Å². The lowest BCUT2D eigenvalue weighted by Gasteiger charge is -2.04. The SMILES string of the molecule is CS(=O)(=O)c1cc(C(=O)N=C(N)N)ccc1N.Cl. The number of benzene rings is 1. The summed E-state index contributed by atoms with van der Waals surface area (Å²) in [6.07, 6.45) is 0.994. The van der Waals surface area contributed by atoms with E-state index in [1.165, 1.54) is 12.1 Å². The summed E-state index contributed by atoms with van der Waals surface area (Å²) in [5.74, 6) is -1.12. The molecular formula is C9H13ClN4O3S. The van der Waals surface area contributed by atoms with Crippen molar-refractivity contribution >= 4 is 39.8 Å². The molecule has 1 aromatic rings. The highest BCUT2D eigenvalue weighted by atomic mass is 35.5. The number of nitrogens with two attached hydrogens (primary N) is 3. The molecule has 0 aliphatic carbocycles. The minimum Gasteiger partial charge on any atom is -0.398 e. The van der Waals surface area contributed by atoms with Crippen LogP contribution in [0.2, 0.25) is 0 Å². The Labute approximate surface area is 110 Å². The molecule has 0 radical (unpaired) electrons. The number of nitrogen functional groups attached to an aromatic ring is 1. The van der Waals surface area contributed by atoms with E-state index in [-0.39, 0.29) is 28.6 Å². The van der Waals surface area contributed by atoms with Gasteiger partial charge in [-0.2, -0.15) is 4.99 Å². The number of hydrogen-bond donors (Lipinski definition) is 3. The molecule has 0 spiro atoms. The van der Waals surface area contributed by atoms with Gasteiger partial charge in [0, 0.05) is 11.8 Å². The average Bonchev–Trinajstić information content (AvgIpc) is 2.15. The predicted octanol–water partition coefficient (Wildman–Crippen LogP) is -0.492. The maximum atomic E-state index is 11.5. The topological polar surface area (TPSA) is 142 Å². The van der Waals surface area contributed by atoms with Gasteiger partial charge < -0.3 is 17.2 Å². The summed E-state index contributed by atoms with van der Waals surface area (Å²) in [7, 11) is -3.51. The zero-order valence-electron chi connectivity index (χ0n) is 9.45. The maximum Gasteiger partial charge on any atom is 0.280 e. The lowest BCUT2D eigenvalue weighted by molar-refractivity contribution is 0.100. The third-order valence-electron chi connectivity index (χ3n) is 1.89. The molecule has 0 saturated carbocycles. The summed E-state index contributed by atoms with van der Waals surface area (Å²) >= 11 is 0. The van der Waals surface area contributed by atoms with Crippen molar-refractivity contribution in [1.29, 1.82) is 0 Å². The lowest BCUT2D eigenvalue weighted by Crippen LogP contribution is -2.24. The molecule has 9 heteroatoms. The van der Waals surface area contributed by atoms with Crippen molar-refractivity contribution in [3.8, 4) is 0 Å². The van der Waals surface area contributed by atoms with E-state index < -0.39 is 21.7 Å². The monoisotopic (exact) mass is 292 g/mol. The van der Waals surface area contributed by atoms with E-state index in [1.807, 2.05) is 0 Å². The van der Waals surface area contributed by atoms with E-state index in [0.717, 1.165) is 12.3 Å². The van der Waals surface area contributed by atoms with Gasteiger partial charge in [0.1, 0.15) is 0 Å². The molecule has 1 aromatic carbocycles. The number of aliphatic imine (C=N–C) groups is 1. The number of sulfone groups is 1. The van der Waals surface area contributed by atoms with Crippen LogP contribution in [0.5, 0.6) is 0 Å². The molecule has 0 fully saturated rings. The number of guanidine groups is 1. The first kappa shape index (κ1) is 16.2. The fraction of sp³-hybridized carbons (Fsp3) is 0.111. The number of halogens is 1. The molecule has 6 N–H and O–H groups in total. The third kappa shape index (κ3) is 3.90. The summed E-state index contributed by atoms with van der Waals surface area (Å²) in [6.45, 7) is 0. The molecule has 0 aromatic heterocycles. The molecular weight excluding hydrogens is 280 g/mol. The highest BCUT2D eigenvalue weighted by Gasteiger charge is 2.15. The Morgan fingerprint density at radius 2 is 1.83 bits per heavy atom. The Balaban J connectivity index is 0.00000289. The molecule has 0 aliphatic heterocycles. The van der Waals surface area contributed by atoms with Crippen LogP contribution in [0, 0.1) is 0 Å². The van der Waals surface area contributed by atoms with E-state index in [1.54, 1.807) is 0 Å². The van der Waals surface area contributed by atoms with Crippen LogP contribution >= 0.6 is 12.4 Å². The number of hydrogen-bond acceptors (Lipinski definition) is 4. The van der Waals surface area contributed by atoms with Crippen LogP contribution in [0.4, 0.5) is 5.69 Å². The lowest BCUT2D eigenvalue weighted by atomic mass is 10.2. The van der Waals surface area contributed by atoms with Crippen LogP contribution in [0.15, 0.2) is 28.1 Å². The minimum atomic E-state index is -3.51. The largest absolute Gasteiger partial charge is 0.398 e. The van der Waals surface area contributed by atoms with Gasteiger partial charge in [0.25, 0.3) is 5.91 Å². The maximum absolute atomic E-state index is 11.5. The zero-order chi connectivity index (χ0) is 13.2. The number of carbonyl (C=O) groups excluding carboxylic acids is 1. The molecule has 0 unspecified atom stereocenters. The van der Waals surface area contributed by atoms with E-state index in [2.05, 4.69) is 4.99 Å². The minimum absolute atomic E-state index is 0. The first-order valence-corrected chi connectivity index (χ1v) is 6.34. The van der Waals surface area contributed by atoms with Crippen LogP contribution in [-0.2, 0) is 9.84 Å². The molecule has 7 nitrogen and oxygen atoms in total. The Bertz CT molecular complexity index is 594. The quantitative estimate of drug-likeness (QED) is 0.381. The van der Waals surface area contributed by atoms with E-state index in [9.17, 15) is 13.2 Å². The van der Waals surface area contributed by atoms with Crippen LogP contribution in [0.1, 0.15) is 10.4 Å². The van der Waals surface area contributed by atoms with Gasteiger partial charge in [-0.1, -0.05) is 0 Å². The van der Waals surface area contributed by atoms with Crippen molar-refractivity contribution in [2.75, 3.05) is 12.0 Å². The summed E-state index contributed by atoms with van der Waals surface area (Å²) < 4.78 is 22.7. The molecule has 0 heterocycles. The van der Waals surface area contributed by atoms with Crippen molar-refractivity contribution in [2.45, 2.75) is 4.90 Å². The average molecular weight is 293 g/mol. The number of anilines is 1. The second-order valence-electron chi connectivity index (χ2n) is 3.37. The standard InChI is InChI=1S/C9H12N4O3S.ClH/c1-17(15,16)7-4-5(2-3-6(7)10)8(14)13-9(11)12;/h2-4H,10H2,1H3,(H4,11,12,13,14);1H. The molecule has 1 rings (SSSR count). The highest BCUT2D eigenvalue weighted by Crippen LogP contribution is 2.20. The zero-order valence-corrected chi connectivity index (χ0v) is 11.1.